The summed E-state index contributed by atoms with van der Waals surface area (Å²) in [5.74, 6) is -30.0. The minimum Gasteiger partial charge on any atom is -0.481 e. The van der Waals surface area contributed by atoms with Crippen LogP contribution in [0.3, 0.4) is 0 Å². The number of carbonyl (C=O) groups is 26. The number of hydrogen-bond donors (Lipinski definition) is 27. The molecule has 0 aromatic carbocycles. The number of hydrogen-bond acceptors (Lipinski definition) is 28. The first-order valence-electron chi connectivity index (χ1n) is 43.1. The molecule has 1 fully saturated rings. The largest absolute Gasteiger partial charge is 0.481 e. The number of nitrogens with one attached hydrogen (secondary N) is 18. The van der Waals surface area contributed by atoms with Gasteiger partial charge in [-0.15, -0.1) is 0 Å². The van der Waals surface area contributed by atoms with Crippen molar-refractivity contribution in [3.8, 4) is 0 Å². The van der Waals surface area contributed by atoms with E-state index in [1.54, 1.807) is 27.7 Å². The van der Waals surface area contributed by atoms with E-state index in [4.69, 9.17) is 28.7 Å². The summed E-state index contributed by atoms with van der Waals surface area (Å²) >= 11 is 0. The summed E-state index contributed by atoms with van der Waals surface area (Å²) in [6.45, 7) is 17.0. The topological polar surface area (TPSA) is 875 Å². The Morgan fingerprint density at radius 3 is 0.933 bits per heavy atom. The molecule has 54 heteroatoms. The van der Waals surface area contributed by atoms with E-state index in [1.807, 2.05) is 0 Å². The fourth-order valence-electron chi connectivity index (χ4n) is 12.5. The molecule has 0 unspecified atom stereocenters. The highest BCUT2D eigenvalue weighted by molar-refractivity contribution is 6.03. The highest BCUT2D eigenvalue weighted by atomic mass is 16.4. The molecule has 0 bridgehead atoms. The summed E-state index contributed by atoms with van der Waals surface area (Å²) in [5.41, 5.74) is 27.1. The van der Waals surface area contributed by atoms with Crippen LogP contribution in [0.2, 0.25) is 0 Å². The van der Waals surface area contributed by atoms with Crippen molar-refractivity contribution < 1.29 is 145 Å². The molecule has 32 N–H and O–H groups in total. The van der Waals surface area contributed by atoms with Crippen molar-refractivity contribution in [2.24, 2.45) is 46.4 Å². The van der Waals surface area contributed by atoms with Gasteiger partial charge in [0.05, 0.1) is 25.6 Å². The Labute approximate surface area is 770 Å². The molecule has 1 saturated heterocycles. The molecule has 0 radical (unpaired) electrons. The lowest BCUT2D eigenvalue weighted by Crippen LogP contribution is -2.61. The predicted molar refractivity (Wildman–Crippen MR) is 465 cm³/mol. The minimum atomic E-state index is -1.93. The van der Waals surface area contributed by atoms with Gasteiger partial charge in [-0.1, -0.05) is 41.5 Å². The van der Waals surface area contributed by atoms with Crippen LogP contribution in [0.15, 0.2) is 0 Å². The van der Waals surface area contributed by atoms with Crippen LogP contribution >= 0.6 is 0 Å². The smallest absolute Gasteiger partial charge is 0.326 e. The number of rotatable bonds is 61. The van der Waals surface area contributed by atoms with Gasteiger partial charge < -0.3 is 150 Å². The number of aliphatic carboxylic acids is 3. The number of carboxylic acids is 3. The zero-order valence-corrected chi connectivity index (χ0v) is 77.2. The molecule has 0 aromatic heterocycles. The Hall–Kier alpha value is -13.9. The van der Waals surface area contributed by atoms with E-state index < -0.39 is 364 Å². The number of nitrogens with zero attached hydrogens (tertiary/aromatic N) is 1. The van der Waals surface area contributed by atoms with Crippen molar-refractivity contribution in [2.45, 2.75) is 308 Å². The van der Waals surface area contributed by atoms with Crippen LogP contribution in [0.5, 0.6) is 0 Å². The Balaban J connectivity index is 3.36. The van der Waals surface area contributed by atoms with Gasteiger partial charge in [0.25, 0.3) is 0 Å². The molecule has 1 aliphatic rings. The Morgan fingerprint density at radius 1 is 0.313 bits per heavy atom. The second kappa shape index (κ2) is 58.1. The van der Waals surface area contributed by atoms with E-state index in [0.29, 0.717) is 0 Å². The van der Waals surface area contributed by atoms with E-state index in [2.05, 4.69) is 95.7 Å². The number of primary amides is 4. The molecule has 0 aliphatic carbocycles. The van der Waals surface area contributed by atoms with Gasteiger partial charge >= 0.3 is 17.9 Å². The molecule has 1 aliphatic heterocycles. The molecule has 1 rings (SSSR count). The SMILES string of the molecule is CC(C)C[C@H](NC(=O)[C@H](CCC(=O)O)NC(=O)[C@@H]1CCCN1C(=O)CNC(=O)[C@H](CO)NC(=O)[C@H](CCC(N)=O)NC(=O)[C@H](CCC(N)=O)NC(=O)[C@H](CC(C)C)NC(=O)[C@H](CCC(N)=O)NC(=O)[C@@H](NC(=O)[C@H](CCC(=O)O)NC(=O)[C@H](C)NC(=O)[C@H](C)NC(=O)[C@H](C)NC(=O)[C@H](C)NC(=O)[C@H](CC(N)=O)NC(=O)[C@H](C)NC(=O)[C@H](C)NC(=O)[C@H](C)NC(=O)[C@H](C)N)C(C)C)C(=O)O. The van der Waals surface area contributed by atoms with Gasteiger partial charge in [-0.3, -0.25) is 120 Å². The standard InChI is InChI=1S/C80H132N24O30/c1-33(2)28-49(77(130)96-44(17-22-54(82)106)71(124)95-45(18-23-55(83)107)74(127)102-52(32-105)70(123)86-31-58(110)104-27-15-16-53(104)78(131)97-47(20-25-59(111)112)73(126)101-51(80(133)134)29-34(3)4)100-72(125)46(19-24-56(84)108)98-79(132)61(35(5)6)103-75(128)48(21-26-60(113)114)94-68(121)42(13)91-65(118)40(11)89-64(117)38(9)90-67(120)41(12)93-76(129)50(30-57(85)109)99-69(122)43(14)92-66(119)39(10)88-63(116)37(8)87-62(115)36(7)81/h33-53,61,105H,15-32,81H2,1-14H3,(H2,82,106)(H2,83,107)(H2,84,108)(H2,85,109)(H,86,123)(H,87,115)(H,88,116)(H,89,117)(H,90,120)(H,91,118)(H,92,119)(H,93,129)(H,94,121)(H,95,124)(H,96,130)(H,97,131)(H,98,132)(H,99,122)(H,100,125)(H,101,126)(H,102,127)(H,103,128)(H,111,112)(H,113,114)(H,133,134)/t36-,37-,38-,39-,40-,41-,42-,43-,44-,45-,46-,47-,48-,49-,50-,51-,52-,53-,61-/m0/s1. The second-order valence-corrected chi connectivity index (χ2v) is 33.5. The number of amides is 23. The molecule has 752 valence electrons. The summed E-state index contributed by atoms with van der Waals surface area (Å²) in [6, 6.07) is -29.4. The van der Waals surface area contributed by atoms with Gasteiger partial charge in [0.2, 0.25) is 136 Å². The number of aliphatic hydroxyl groups is 1. The van der Waals surface area contributed by atoms with Crippen molar-refractivity contribution in [2.75, 3.05) is 19.7 Å². The van der Waals surface area contributed by atoms with Crippen molar-refractivity contribution in [1.82, 2.24) is 101 Å². The van der Waals surface area contributed by atoms with E-state index >= 15 is 0 Å². The van der Waals surface area contributed by atoms with Crippen molar-refractivity contribution in [1.29, 1.82) is 0 Å². The van der Waals surface area contributed by atoms with Gasteiger partial charge in [-0.25, -0.2) is 4.79 Å². The van der Waals surface area contributed by atoms with Crippen LogP contribution < -0.4 is 124 Å². The first kappa shape index (κ1) is 118. The normalized spacial score (nSPS) is 16.2. The molecule has 1 heterocycles. The van der Waals surface area contributed by atoms with Gasteiger partial charge in [-0.05, 0) is 131 Å². The summed E-state index contributed by atoms with van der Waals surface area (Å²) in [7, 11) is 0. The highest BCUT2D eigenvalue weighted by Gasteiger charge is 2.41. The Morgan fingerprint density at radius 2 is 0.597 bits per heavy atom. The van der Waals surface area contributed by atoms with Crippen molar-refractivity contribution in [3.63, 3.8) is 0 Å². The van der Waals surface area contributed by atoms with Gasteiger partial charge in [0.1, 0.15) is 109 Å². The quantitative estimate of drug-likeness (QED) is 0.0269. The maximum Gasteiger partial charge on any atom is 0.326 e. The molecule has 0 saturated carbocycles. The first-order chi connectivity index (χ1) is 62.2. The average molecular weight is 1910 g/mol. The van der Waals surface area contributed by atoms with Crippen LogP contribution in [0.25, 0.3) is 0 Å². The zero-order chi connectivity index (χ0) is 103. The molecule has 19 atom stereocenters. The van der Waals surface area contributed by atoms with Crippen LogP contribution in [-0.4, -0.2) is 314 Å². The van der Waals surface area contributed by atoms with Gasteiger partial charge in [-0.2, -0.15) is 0 Å². The maximum atomic E-state index is 14.5. The third-order valence-corrected chi connectivity index (χ3v) is 20.2. The fraction of sp³-hybridized carbons (Fsp3) is 0.675. The fourth-order valence-corrected chi connectivity index (χ4v) is 12.5. The predicted octanol–water partition coefficient (Wildman–Crippen LogP) is -12.0. The highest BCUT2D eigenvalue weighted by Crippen LogP contribution is 2.20. The van der Waals surface area contributed by atoms with Crippen LogP contribution in [0, 0.1) is 17.8 Å². The maximum absolute atomic E-state index is 14.5. The molecular formula is C80H132N24O30. The van der Waals surface area contributed by atoms with Gasteiger partial charge in [0.15, 0.2) is 0 Å². The van der Waals surface area contributed by atoms with E-state index in [-0.39, 0.29) is 38.1 Å². The molecule has 23 amide bonds. The van der Waals surface area contributed by atoms with E-state index in [9.17, 15) is 145 Å². The Bertz CT molecular complexity index is 4260. The zero-order valence-electron chi connectivity index (χ0n) is 77.2. The lowest BCUT2D eigenvalue weighted by Gasteiger charge is -2.29. The minimum absolute atomic E-state index is 0.0145. The number of carboxylic acid groups (broad SMARTS) is 3. The molecule has 0 aromatic rings. The van der Waals surface area contributed by atoms with E-state index in [1.165, 1.54) is 48.5 Å². The summed E-state index contributed by atoms with van der Waals surface area (Å²) in [6.07, 6.45) is -7.16. The number of nitrogens with two attached hydrogens (primary N) is 5. The van der Waals surface area contributed by atoms with Crippen molar-refractivity contribution in [3.05, 3.63) is 0 Å². The monoisotopic (exact) mass is 1910 g/mol. The molecule has 0 spiro atoms. The lowest BCUT2D eigenvalue weighted by molar-refractivity contribution is -0.144. The third-order valence-electron chi connectivity index (χ3n) is 20.2. The van der Waals surface area contributed by atoms with Crippen LogP contribution in [0.4, 0.5) is 0 Å². The summed E-state index contributed by atoms with van der Waals surface area (Å²) in [4.78, 5) is 342. The number of likely N-dealkylation sites (tertiary alicyclic amines) is 1. The van der Waals surface area contributed by atoms with Crippen LogP contribution in [-0.2, 0) is 125 Å². The molecular weight excluding hydrogens is 1780 g/mol. The lowest BCUT2D eigenvalue weighted by atomic mass is 9.99. The number of aliphatic hydroxyl groups excluding tert-OH is 1. The molecule has 54 nitrogen and oxygen atoms in total. The van der Waals surface area contributed by atoms with Crippen molar-refractivity contribution >= 4 is 154 Å². The van der Waals surface area contributed by atoms with E-state index in [0.717, 1.165) is 25.7 Å². The second-order valence-electron chi connectivity index (χ2n) is 33.5. The first-order valence-corrected chi connectivity index (χ1v) is 43.1. The third kappa shape index (κ3) is 43.9. The number of carbonyl (C=O) groups excluding carboxylic acids is 23. The average Bonchev–Trinajstić information content (AvgIpc) is 1.59. The molecule has 134 heavy (non-hydrogen) atoms. The Kier molecular flexibility index (Phi) is 51.2. The summed E-state index contributed by atoms with van der Waals surface area (Å²) < 4.78 is 0. The summed E-state index contributed by atoms with van der Waals surface area (Å²) in [5, 5.41) is 80.6. The van der Waals surface area contributed by atoms with Crippen LogP contribution in [0.1, 0.15) is 193 Å². The van der Waals surface area contributed by atoms with Gasteiger partial charge in [0, 0.05) is 38.6 Å².